The molecule has 0 saturated heterocycles. The molecule has 1 N–H and O–H groups in total. The molecule has 1 fully saturated rings. The van der Waals surface area contributed by atoms with Gasteiger partial charge in [0.05, 0.1) is 5.92 Å². The van der Waals surface area contributed by atoms with Crippen molar-refractivity contribution in [1.82, 2.24) is 5.27 Å². The predicted molar refractivity (Wildman–Crippen MR) is 55.1 cm³/mol. The van der Waals surface area contributed by atoms with E-state index in [1.807, 2.05) is 0 Å². The molecule has 1 aromatic rings. The van der Waals surface area contributed by atoms with Crippen molar-refractivity contribution in [3.63, 3.8) is 0 Å². The maximum absolute atomic E-state index is 11.8. The minimum atomic E-state index is -0.0749. The lowest BCUT2D eigenvalue weighted by molar-refractivity contribution is -0.651. The Morgan fingerprint density at radius 2 is 2.13 bits per heavy atom. The molecule has 1 aromatic heterocycles. The summed E-state index contributed by atoms with van der Waals surface area (Å²) in [6, 6.07) is 0. The fourth-order valence-electron chi connectivity index (χ4n) is 1.89. The molecular formula is C9H14ClN3O2. The topological polar surface area (TPSA) is 70.8 Å². The van der Waals surface area contributed by atoms with Crippen molar-refractivity contribution < 1.29 is 14.0 Å². The van der Waals surface area contributed by atoms with Crippen LogP contribution >= 0.6 is 12.4 Å². The number of carbonyl (C=O) groups is 1. The lowest BCUT2D eigenvalue weighted by Gasteiger charge is -2.14. The van der Waals surface area contributed by atoms with Crippen molar-refractivity contribution in [1.29, 1.82) is 0 Å². The Bertz CT molecular complexity index is 334. The third-order valence-corrected chi connectivity index (χ3v) is 2.65. The van der Waals surface area contributed by atoms with E-state index in [1.165, 1.54) is 12.6 Å². The van der Waals surface area contributed by atoms with Gasteiger partial charge < -0.3 is 10.3 Å². The van der Waals surface area contributed by atoms with Gasteiger partial charge in [-0.15, -0.1) is 12.4 Å². The average Bonchev–Trinajstić information content (AvgIpc) is 2.65. The van der Waals surface area contributed by atoms with Gasteiger partial charge in [-0.25, -0.2) is 4.79 Å². The number of nitrogens with one attached hydrogen (secondary N) is 1. The van der Waals surface area contributed by atoms with Crippen LogP contribution in [0.15, 0.2) is 10.7 Å². The van der Waals surface area contributed by atoms with E-state index in [4.69, 9.17) is 5.73 Å². The van der Waals surface area contributed by atoms with Crippen LogP contribution in [0.4, 0.5) is 5.88 Å². The largest absolute Gasteiger partial charge is 0.660 e. The van der Waals surface area contributed by atoms with Crippen molar-refractivity contribution in [3.8, 4) is 0 Å². The molecule has 0 atom stereocenters. The van der Waals surface area contributed by atoms with Crippen molar-refractivity contribution in [2.45, 2.75) is 32.1 Å². The molecule has 6 heteroatoms. The molecule has 0 amide bonds. The van der Waals surface area contributed by atoms with E-state index in [0.717, 1.165) is 30.4 Å². The second-order valence-corrected chi connectivity index (χ2v) is 3.68. The van der Waals surface area contributed by atoms with E-state index in [9.17, 15) is 4.79 Å². The molecule has 0 bridgehead atoms. The maximum atomic E-state index is 11.8. The molecule has 1 aliphatic carbocycles. The Morgan fingerprint density at radius 1 is 1.47 bits per heavy atom. The van der Waals surface area contributed by atoms with Crippen LogP contribution in [0, 0.1) is 5.92 Å². The Kier molecular flexibility index (Phi) is 4.08. The highest BCUT2D eigenvalue weighted by atomic mass is 35.5. The van der Waals surface area contributed by atoms with Crippen LogP contribution in [0.5, 0.6) is 0 Å². The number of rotatable bonds is 1. The molecule has 2 rings (SSSR count). The van der Waals surface area contributed by atoms with Crippen molar-refractivity contribution >= 4 is 24.2 Å². The average molecular weight is 232 g/mol. The second kappa shape index (κ2) is 5.11. The highest BCUT2D eigenvalue weighted by Crippen LogP contribution is 2.23. The van der Waals surface area contributed by atoms with Crippen LogP contribution < -0.4 is 4.68 Å². The Hall–Kier alpha value is -1.10. The highest BCUT2D eigenvalue weighted by molar-refractivity contribution is 5.85. The number of hydrogen-bond acceptors (Lipinski definition) is 3. The molecule has 84 valence electrons. The van der Waals surface area contributed by atoms with E-state index < -0.39 is 0 Å². The predicted octanol–water partition coefficient (Wildman–Crippen LogP) is 2.29. The minimum Gasteiger partial charge on any atom is -0.660 e. The zero-order valence-electron chi connectivity index (χ0n) is 8.31. The SMILES string of the molecule is Cl.[NH-]c1c[n+](C(=O)C2CCCCC2)no1. The van der Waals surface area contributed by atoms with Gasteiger partial charge in [0, 0.05) is 4.68 Å². The summed E-state index contributed by atoms with van der Waals surface area (Å²) in [7, 11) is 0. The van der Waals surface area contributed by atoms with Gasteiger partial charge in [-0.3, -0.25) is 0 Å². The van der Waals surface area contributed by atoms with E-state index in [0.29, 0.717) is 0 Å². The molecule has 0 spiro atoms. The van der Waals surface area contributed by atoms with Gasteiger partial charge in [0.2, 0.25) is 11.5 Å². The molecule has 0 aliphatic heterocycles. The van der Waals surface area contributed by atoms with Gasteiger partial charge in [-0.05, 0) is 12.8 Å². The van der Waals surface area contributed by atoms with Crippen molar-refractivity contribution in [2.24, 2.45) is 5.92 Å². The summed E-state index contributed by atoms with van der Waals surface area (Å²) in [5, 5.41) is 3.50. The fraction of sp³-hybridized carbons (Fsp3) is 0.667. The molecule has 1 heterocycles. The summed E-state index contributed by atoms with van der Waals surface area (Å²) < 4.78 is 5.69. The Labute approximate surface area is 94.0 Å². The Morgan fingerprint density at radius 3 is 2.67 bits per heavy atom. The summed E-state index contributed by atoms with van der Waals surface area (Å²) in [6.07, 6.45) is 6.64. The summed E-state index contributed by atoms with van der Waals surface area (Å²) in [4.78, 5) is 11.8. The molecular weight excluding hydrogens is 218 g/mol. The summed E-state index contributed by atoms with van der Waals surface area (Å²) >= 11 is 0. The van der Waals surface area contributed by atoms with E-state index in [2.05, 4.69) is 9.79 Å². The lowest BCUT2D eigenvalue weighted by Crippen LogP contribution is -2.48. The molecule has 0 aromatic carbocycles. The molecule has 15 heavy (non-hydrogen) atoms. The second-order valence-electron chi connectivity index (χ2n) is 3.68. The molecule has 0 unspecified atom stereocenters. The first kappa shape index (κ1) is 12.0. The number of nitrogens with zero attached hydrogens (tertiary/aromatic N) is 2. The number of aromatic nitrogens is 2. The molecule has 1 aliphatic rings. The zero-order chi connectivity index (χ0) is 9.97. The first-order valence-corrected chi connectivity index (χ1v) is 4.92. The molecule has 5 nitrogen and oxygen atoms in total. The normalized spacial score (nSPS) is 17.1. The third kappa shape index (κ3) is 2.68. The zero-order valence-corrected chi connectivity index (χ0v) is 9.13. The lowest BCUT2D eigenvalue weighted by atomic mass is 9.89. The highest BCUT2D eigenvalue weighted by Gasteiger charge is 2.31. The monoisotopic (exact) mass is 231 g/mol. The number of halogens is 1. The first-order chi connectivity index (χ1) is 6.77. The van der Waals surface area contributed by atoms with Crippen LogP contribution in [0.3, 0.4) is 0 Å². The Balaban J connectivity index is 0.00000112. The first-order valence-electron chi connectivity index (χ1n) is 4.92. The quantitative estimate of drug-likeness (QED) is 0.696. The molecule has 0 radical (unpaired) electrons. The number of carbonyl (C=O) groups excluding carboxylic acids is 1. The van der Waals surface area contributed by atoms with Gasteiger partial charge in [0.25, 0.3) is 0 Å². The van der Waals surface area contributed by atoms with E-state index >= 15 is 0 Å². The van der Waals surface area contributed by atoms with Crippen molar-refractivity contribution in [2.75, 3.05) is 0 Å². The van der Waals surface area contributed by atoms with Crippen LogP contribution in [-0.2, 0) is 0 Å². The van der Waals surface area contributed by atoms with Gasteiger partial charge in [0.1, 0.15) is 5.88 Å². The summed E-state index contributed by atoms with van der Waals surface area (Å²) in [6.45, 7) is 0. The van der Waals surface area contributed by atoms with Gasteiger partial charge in [0.15, 0.2) is 0 Å². The van der Waals surface area contributed by atoms with Gasteiger partial charge in [-0.1, -0.05) is 19.3 Å². The van der Waals surface area contributed by atoms with Crippen LogP contribution in [0.1, 0.15) is 36.9 Å². The van der Waals surface area contributed by atoms with E-state index in [1.54, 1.807) is 0 Å². The summed E-state index contributed by atoms with van der Waals surface area (Å²) in [5.74, 6) is -0.0423. The number of hydrogen-bond donors (Lipinski definition) is 0. The third-order valence-electron chi connectivity index (χ3n) is 2.65. The van der Waals surface area contributed by atoms with E-state index in [-0.39, 0.29) is 30.1 Å². The van der Waals surface area contributed by atoms with Crippen LogP contribution in [0.25, 0.3) is 5.73 Å². The van der Waals surface area contributed by atoms with Gasteiger partial charge in [-0.2, -0.15) is 0 Å². The van der Waals surface area contributed by atoms with Crippen LogP contribution in [0.2, 0.25) is 0 Å². The van der Waals surface area contributed by atoms with Crippen molar-refractivity contribution in [3.05, 3.63) is 11.9 Å². The molecule has 1 saturated carbocycles. The van der Waals surface area contributed by atoms with Gasteiger partial charge >= 0.3 is 5.91 Å². The fourth-order valence-corrected chi connectivity index (χ4v) is 1.89. The standard InChI is InChI=1S/C9H13N3O2.ClH/c10-8-6-12(11-14-8)9(13)7-4-2-1-3-5-7;/h6-7H,1-5H2,(H-,10,11);1H. The smallest absolute Gasteiger partial charge is 0.422 e. The van der Waals surface area contributed by atoms with Crippen LogP contribution in [-0.4, -0.2) is 11.2 Å². The minimum absolute atomic E-state index is 0. The summed E-state index contributed by atoms with van der Waals surface area (Å²) in [5.41, 5.74) is 7.12. The maximum Gasteiger partial charge on any atom is 0.422 e.